The van der Waals surface area contributed by atoms with Crippen molar-refractivity contribution in [2.45, 2.75) is 89.6 Å². The van der Waals surface area contributed by atoms with Crippen LogP contribution in [0.15, 0.2) is 35.3 Å². The second kappa shape index (κ2) is 8.68. The molecule has 1 aliphatic carbocycles. The van der Waals surface area contributed by atoms with E-state index in [1.54, 1.807) is 6.34 Å². The number of nitrogens with zero attached hydrogens (tertiary/aromatic N) is 4. The molecule has 170 valence electrons. The Kier molecular flexibility index (Phi) is 6.30. The molecule has 1 saturated carbocycles. The van der Waals surface area contributed by atoms with Crippen LogP contribution in [0, 0.1) is 0 Å². The van der Waals surface area contributed by atoms with E-state index in [4.69, 9.17) is 4.74 Å². The number of hydrogen-bond donors (Lipinski definition) is 0. The molecule has 0 radical (unpaired) electrons. The molecule has 8 heteroatoms. The molecule has 1 aromatic rings. The van der Waals surface area contributed by atoms with Gasteiger partial charge in [-0.2, -0.15) is 0 Å². The van der Waals surface area contributed by atoms with E-state index in [9.17, 15) is 4.79 Å². The molecule has 0 amide bonds. The van der Waals surface area contributed by atoms with Gasteiger partial charge in [-0.05, 0) is 46.1 Å². The minimum Gasteiger partial charge on any atom is -0.467 e. The Hall–Kier alpha value is -1.69. The van der Waals surface area contributed by atoms with Gasteiger partial charge in [-0.3, -0.25) is 14.2 Å². The molecule has 3 aliphatic rings. The fraction of sp³-hybridized carbons (Fsp3) is 0.652. The number of carbonyl (C=O) groups is 1. The topological polar surface area (TPSA) is 65.5 Å². The molecule has 2 fully saturated rings. The van der Waals surface area contributed by atoms with Gasteiger partial charge in [0.15, 0.2) is 6.04 Å². The number of hydrogen-bond acceptors (Lipinski definition) is 4. The Morgan fingerprint density at radius 1 is 1.03 bits per heavy atom. The first kappa shape index (κ1) is 22.5. The lowest BCUT2D eigenvalue weighted by molar-refractivity contribution is -0.142. The predicted octanol–water partition coefficient (Wildman–Crippen LogP) is 4.47. The van der Waals surface area contributed by atoms with Gasteiger partial charge in [0, 0.05) is 24.2 Å². The summed E-state index contributed by atoms with van der Waals surface area (Å²) in [6.07, 6.45) is 6.09. The lowest BCUT2D eigenvalue weighted by Gasteiger charge is -2.43. The molecule has 0 unspecified atom stereocenters. The quantitative estimate of drug-likeness (QED) is 0.491. The van der Waals surface area contributed by atoms with E-state index in [-0.39, 0.29) is 24.2 Å². The predicted molar refractivity (Wildman–Crippen MR) is 123 cm³/mol. The fourth-order valence-electron chi connectivity index (χ4n) is 5.78. The monoisotopic (exact) mass is 446 g/mol. The van der Waals surface area contributed by atoms with Gasteiger partial charge in [-0.25, -0.2) is 14.1 Å². The summed E-state index contributed by atoms with van der Waals surface area (Å²) in [5, 5.41) is 0. The van der Waals surface area contributed by atoms with Crippen LogP contribution in [0.3, 0.4) is 0 Å². The van der Waals surface area contributed by atoms with Gasteiger partial charge in [0.05, 0.1) is 19.5 Å². The Balaban J connectivity index is 1.86. The Morgan fingerprint density at radius 2 is 1.58 bits per heavy atom. The number of esters is 1. The number of benzene rings is 1. The van der Waals surface area contributed by atoms with Crippen LogP contribution in [0.5, 0.6) is 0 Å². The number of aliphatic imine (C=N–C) groups is 1. The van der Waals surface area contributed by atoms with Gasteiger partial charge in [-0.1, -0.05) is 43.2 Å². The first-order valence-electron chi connectivity index (χ1n) is 11.4. The summed E-state index contributed by atoms with van der Waals surface area (Å²) in [5.41, 5.74) is 0.924. The second-order valence-electron chi connectivity index (χ2n) is 9.35. The normalized spacial score (nSPS) is 30.9. The minimum absolute atomic E-state index is 0.113. The molecule has 2 aliphatic heterocycles. The average Bonchev–Trinajstić information content (AvgIpc) is 3.31. The first-order valence-corrected chi connectivity index (χ1v) is 13.0. The molecule has 7 nitrogen and oxygen atoms in total. The second-order valence-corrected chi connectivity index (χ2v) is 11.8. The van der Waals surface area contributed by atoms with E-state index >= 15 is 4.57 Å². The zero-order chi connectivity index (χ0) is 22.3. The Bertz CT molecular complexity index is 847. The molecule has 1 aromatic carbocycles. The first-order chi connectivity index (χ1) is 14.8. The number of rotatable bonds is 5. The van der Waals surface area contributed by atoms with Crippen LogP contribution in [0.2, 0.25) is 0 Å². The number of methoxy groups -OCH3 is 1. The SMILES string of the molecule is COC(=O)[C@H]1N=CN(P2(=O)N(C(C)C)[C@@H]3CCCC[C@H]3N2C(C)C)[C@@H]1c1ccccc1. The van der Waals surface area contributed by atoms with Gasteiger partial charge in [0.1, 0.15) is 0 Å². The van der Waals surface area contributed by atoms with E-state index in [0.29, 0.717) is 0 Å². The highest BCUT2D eigenvalue weighted by Gasteiger charge is 2.62. The van der Waals surface area contributed by atoms with Crippen LogP contribution >= 0.6 is 7.59 Å². The maximum atomic E-state index is 15.3. The standard InChI is InChI=1S/C23H35N4O3P/c1-16(2)26-19-13-9-10-14-20(19)27(17(3)4)31(26,29)25-15-24-21(23(28)30-5)22(25)18-11-7-6-8-12-18/h6-8,11-12,15-17,19-22H,9-10,13-14H2,1-5H3/t19-,20-,21+,22-/m1/s1. The van der Waals surface area contributed by atoms with Crippen LogP contribution < -0.4 is 0 Å². The highest BCUT2D eigenvalue weighted by atomic mass is 31.2. The molecule has 31 heavy (non-hydrogen) atoms. The highest BCUT2D eigenvalue weighted by molar-refractivity contribution is 7.57. The van der Waals surface area contributed by atoms with E-state index in [0.717, 1.165) is 31.2 Å². The third-order valence-electron chi connectivity index (χ3n) is 6.85. The summed E-state index contributed by atoms with van der Waals surface area (Å²) < 4.78 is 26.8. The average molecular weight is 447 g/mol. The zero-order valence-corrected chi connectivity index (χ0v) is 20.1. The van der Waals surface area contributed by atoms with E-state index < -0.39 is 25.6 Å². The molecule has 2 heterocycles. The van der Waals surface area contributed by atoms with Crippen molar-refractivity contribution >= 4 is 19.9 Å². The molecule has 0 bridgehead atoms. The zero-order valence-electron chi connectivity index (χ0n) is 19.2. The summed E-state index contributed by atoms with van der Waals surface area (Å²) in [4.78, 5) is 17.2. The molecule has 0 aromatic heterocycles. The number of ether oxygens (including phenoxy) is 1. The number of carbonyl (C=O) groups excluding carboxylic acids is 1. The number of fused-ring (bicyclic) bond motifs is 1. The molecular formula is C23H35N4O3P. The molecule has 0 spiro atoms. The Labute approximate surface area is 186 Å². The van der Waals surface area contributed by atoms with Crippen molar-refractivity contribution in [1.29, 1.82) is 0 Å². The maximum absolute atomic E-state index is 15.3. The van der Waals surface area contributed by atoms with Crippen molar-refractivity contribution in [1.82, 2.24) is 14.0 Å². The van der Waals surface area contributed by atoms with Gasteiger partial charge in [0.25, 0.3) is 0 Å². The molecular weight excluding hydrogens is 411 g/mol. The van der Waals surface area contributed by atoms with Crippen LogP contribution in [0.1, 0.15) is 65.0 Å². The summed E-state index contributed by atoms with van der Waals surface area (Å²) in [7, 11) is -1.84. The molecule has 4 atom stereocenters. The largest absolute Gasteiger partial charge is 0.467 e. The highest BCUT2D eigenvalue weighted by Crippen LogP contribution is 2.69. The maximum Gasteiger partial charge on any atom is 0.333 e. The van der Waals surface area contributed by atoms with E-state index in [1.807, 2.05) is 35.0 Å². The summed E-state index contributed by atoms with van der Waals surface area (Å²) in [6, 6.07) is 9.36. The van der Waals surface area contributed by atoms with E-state index in [2.05, 4.69) is 42.0 Å². The van der Waals surface area contributed by atoms with Crippen LogP contribution in [-0.2, 0) is 14.1 Å². The van der Waals surface area contributed by atoms with Crippen molar-refractivity contribution in [3.05, 3.63) is 35.9 Å². The van der Waals surface area contributed by atoms with Crippen molar-refractivity contribution in [3.8, 4) is 0 Å². The van der Waals surface area contributed by atoms with Gasteiger partial charge >= 0.3 is 13.6 Å². The lowest BCUT2D eigenvalue weighted by atomic mass is 9.89. The van der Waals surface area contributed by atoms with Crippen molar-refractivity contribution in [2.75, 3.05) is 7.11 Å². The van der Waals surface area contributed by atoms with Crippen LogP contribution in [0.4, 0.5) is 0 Å². The van der Waals surface area contributed by atoms with Crippen molar-refractivity contribution in [3.63, 3.8) is 0 Å². The van der Waals surface area contributed by atoms with Crippen LogP contribution in [0.25, 0.3) is 0 Å². The molecule has 0 N–H and O–H groups in total. The van der Waals surface area contributed by atoms with Gasteiger partial charge < -0.3 is 4.74 Å². The Morgan fingerprint density at radius 3 is 2.06 bits per heavy atom. The summed E-state index contributed by atoms with van der Waals surface area (Å²) in [5.74, 6) is -0.400. The van der Waals surface area contributed by atoms with E-state index in [1.165, 1.54) is 7.11 Å². The lowest BCUT2D eigenvalue weighted by Crippen LogP contribution is -2.43. The van der Waals surface area contributed by atoms with Crippen LogP contribution in [-0.4, -0.2) is 63.6 Å². The third kappa shape index (κ3) is 3.55. The van der Waals surface area contributed by atoms with Crippen molar-refractivity contribution < 1.29 is 14.1 Å². The summed E-state index contributed by atoms with van der Waals surface area (Å²) >= 11 is 0. The third-order valence-corrected chi connectivity index (χ3v) is 10.5. The molecule has 4 rings (SSSR count). The summed E-state index contributed by atoms with van der Waals surface area (Å²) in [6.45, 7) is 8.52. The fourth-order valence-corrected chi connectivity index (χ4v) is 9.79. The van der Waals surface area contributed by atoms with Gasteiger partial charge in [-0.15, -0.1) is 0 Å². The smallest absolute Gasteiger partial charge is 0.333 e. The minimum atomic E-state index is -3.22. The molecule has 1 saturated heterocycles. The van der Waals surface area contributed by atoms with Crippen molar-refractivity contribution in [2.24, 2.45) is 4.99 Å². The van der Waals surface area contributed by atoms with Gasteiger partial charge in [0.2, 0.25) is 0 Å².